The van der Waals surface area contributed by atoms with Gasteiger partial charge in [0.2, 0.25) is 0 Å². The van der Waals surface area contributed by atoms with Crippen LogP contribution in [0.5, 0.6) is 0 Å². The van der Waals surface area contributed by atoms with E-state index in [2.05, 4.69) is 11.2 Å². The van der Waals surface area contributed by atoms with Crippen LogP contribution >= 0.6 is 0 Å². The molecule has 1 rings (SSSR count). The SMILES string of the molecule is C#CC(C)(O)CNc1ccccc1. The predicted octanol–water partition coefficient (Wildman–Crippen LogP) is 1.48. The van der Waals surface area contributed by atoms with Crippen molar-refractivity contribution in [2.45, 2.75) is 12.5 Å². The largest absolute Gasteiger partial charge is 0.381 e. The Hall–Kier alpha value is -1.46. The smallest absolute Gasteiger partial charge is 0.139 e. The summed E-state index contributed by atoms with van der Waals surface area (Å²) < 4.78 is 0. The van der Waals surface area contributed by atoms with Gasteiger partial charge in [-0.1, -0.05) is 24.1 Å². The number of anilines is 1. The Morgan fingerprint density at radius 1 is 1.46 bits per heavy atom. The molecule has 0 saturated heterocycles. The van der Waals surface area contributed by atoms with Crippen LogP contribution in [0.4, 0.5) is 5.69 Å². The second kappa shape index (κ2) is 3.97. The van der Waals surface area contributed by atoms with Gasteiger partial charge in [0.05, 0.1) is 6.54 Å². The molecule has 0 bridgehead atoms. The molecular formula is C11H13NO. The van der Waals surface area contributed by atoms with Gasteiger partial charge < -0.3 is 10.4 Å². The number of nitrogens with one attached hydrogen (secondary N) is 1. The standard InChI is InChI=1S/C11H13NO/c1-3-11(2,13)9-12-10-7-5-4-6-8-10/h1,4-8,12-13H,9H2,2H3. The van der Waals surface area contributed by atoms with Gasteiger partial charge in [-0.3, -0.25) is 0 Å². The van der Waals surface area contributed by atoms with Crippen LogP contribution in [-0.4, -0.2) is 17.3 Å². The Balaban J connectivity index is 2.50. The lowest BCUT2D eigenvalue weighted by molar-refractivity contribution is 0.136. The first-order valence-corrected chi connectivity index (χ1v) is 4.13. The molecule has 2 heteroatoms. The molecule has 13 heavy (non-hydrogen) atoms. The van der Waals surface area contributed by atoms with Gasteiger partial charge in [-0.05, 0) is 19.1 Å². The van der Waals surface area contributed by atoms with Gasteiger partial charge in [0.15, 0.2) is 0 Å². The summed E-state index contributed by atoms with van der Waals surface area (Å²) in [6, 6.07) is 9.63. The maximum atomic E-state index is 9.49. The summed E-state index contributed by atoms with van der Waals surface area (Å²) in [6.07, 6.45) is 5.13. The van der Waals surface area contributed by atoms with Gasteiger partial charge in [0, 0.05) is 5.69 Å². The zero-order valence-corrected chi connectivity index (χ0v) is 7.62. The number of benzene rings is 1. The summed E-state index contributed by atoms with van der Waals surface area (Å²) in [5.41, 5.74) is -0.131. The van der Waals surface area contributed by atoms with Crippen LogP contribution < -0.4 is 5.32 Å². The fourth-order valence-electron chi connectivity index (χ4n) is 0.881. The molecule has 1 unspecified atom stereocenters. The highest BCUT2D eigenvalue weighted by molar-refractivity contribution is 5.43. The zero-order valence-electron chi connectivity index (χ0n) is 7.62. The van der Waals surface area contributed by atoms with Gasteiger partial charge in [0.1, 0.15) is 5.60 Å². The Bertz CT molecular complexity index is 298. The Labute approximate surface area is 78.6 Å². The fourth-order valence-corrected chi connectivity index (χ4v) is 0.881. The maximum absolute atomic E-state index is 9.49. The molecule has 0 aliphatic carbocycles. The normalized spacial score (nSPS) is 14.2. The van der Waals surface area contributed by atoms with Gasteiger partial charge in [0.25, 0.3) is 0 Å². The molecule has 0 radical (unpaired) electrons. The van der Waals surface area contributed by atoms with Crippen molar-refractivity contribution in [1.82, 2.24) is 0 Å². The van der Waals surface area contributed by atoms with E-state index in [-0.39, 0.29) is 0 Å². The van der Waals surface area contributed by atoms with E-state index >= 15 is 0 Å². The van der Waals surface area contributed by atoms with Crippen LogP contribution in [0, 0.1) is 12.3 Å². The molecule has 0 fully saturated rings. The van der Waals surface area contributed by atoms with E-state index in [4.69, 9.17) is 6.42 Å². The Kier molecular flexibility index (Phi) is 2.94. The van der Waals surface area contributed by atoms with Crippen LogP contribution in [0.1, 0.15) is 6.92 Å². The first-order chi connectivity index (χ1) is 6.14. The summed E-state index contributed by atoms with van der Waals surface area (Å²) in [5, 5.41) is 12.5. The minimum atomic E-state index is -1.09. The van der Waals surface area contributed by atoms with E-state index in [0.717, 1.165) is 5.69 Å². The lowest BCUT2D eigenvalue weighted by atomic mass is 10.1. The summed E-state index contributed by atoms with van der Waals surface area (Å²) in [4.78, 5) is 0. The summed E-state index contributed by atoms with van der Waals surface area (Å²) >= 11 is 0. The molecule has 0 spiro atoms. The summed E-state index contributed by atoms with van der Waals surface area (Å²) in [7, 11) is 0. The molecule has 68 valence electrons. The van der Waals surface area contributed by atoms with Gasteiger partial charge in [-0.2, -0.15) is 0 Å². The van der Waals surface area contributed by atoms with Gasteiger partial charge in [-0.15, -0.1) is 6.42 Å². The molecule has 2 nitrogen and oxygen atoms in total. The molecule has 0 heterocycles. The third-order valence-electron chi connectivity index (χ3n) is 1.72. The van der Waals surface area contributed by atoms with E-state index in [9.17, 15) is 5.11 Å². The monoisotopic (exact) mass is 175 g/mol. The molecule has 0 saturated carbocycles. The highest BCUT2D eigenvalue weighted by Gasteiger charge is 2.14. The van der Waals surface area contributed by atoms with Crippen molar-refractivity contribution in [3.63, 3.8) is 0 Å². The average Bonchev–Trinajstić information content (AvgIpc) is 2.17. The molecule has 0 amide bonds. The van der Waals surface area contributed by atoms with Gasteiger partial charge in [-0.25, -0.2) is 0 Å². The molecule has 1 aromatic carbocycles. The number of hydrogen-bond acceptors (Lipinski definition) is 2. The van der Waals surface area contributed by atoms with Crippen molar-refractivity contribution in [2.24, 2.45) is 0 Å². The Morgan fingerprint density at radius 2 is 2.08 bits per heavy atom. The summed E-state index contributed by atoms with van der Waals surface area (Å²) in [6.45, 7) is 1.95. The molecule has 0 aliphatic rings. The highest BCUT2D eigenvalue weighted by atomic mass is 16.3. The number of aliphatic hydroxyl groups is 1. The van der Waals surface area contributed by atoms with E-state index in [1.807, 2.05) is 30.3 Å². The second-order valence-electron chi connectivity index (χ2n) is 3.14. The van der Waals surface area contributed by atoms with E-state index in [1.165, 1.54) is 0 Å². The number of para-hydroxylation sites is 1. The predicted molar refractivity (Wildman–Crippen MR) is 54.4 cm³/mol. The zero-order chi connectivity index (χ0) is 9.73. The molecule has 0 aliphatic heterocycles. The molecule has 2 N–H and O–H groups in total. The number of terminal acetylenes is 1. The molecule has 0 aromatic heterocycles. The first-order valence-electron chi connectivity index (χ1n) is 4.13. The minimum Gasteiger partial charge on any atom is -0.381 e. The van der Waals surface area contributed by atoms with Crippen molar-refractivity contribution < 1.29 is 5.11 Å². The lowest BCUT2D eigenvalue weighted by Crippen LogP contribution is -2.31. The third-order valence-corrected chi connectivity index (χ3v) is 1.72. The van der Waals surface area contributed by atoms with Crippen molar-refractivity contribution in [3.05, 3.63) is 30.3 Å². The number of rotatable bonds is 3. The maximum Gasteiger partial charge on any atom is 0.139 e. The van der Waals surface area contributed by atoms with Crippen LogP contribution in [0.3, 0.4) is 0 Å². The first kappa shape index (κ1) is 9.63. The van der Waals surface area contributed by atoms with Crippen LogP contribution in [0.15, 0.2) is 30.3 Å². The van der Waals surface area contributed by atoms with Crippen molar-refractivity contribution in [1.29, 1.82) is 0 Å². The third kappa shape index (κ3) is 3.18. The topological polar surface area (TPSA) is 32.3 Å². The second-order valence-corrected chi connectivity index (χ2v) is 3.14. The average molecular weight is 175 g/mol. The van der Waals surface area contributed by atoms with Crippen LogP contribution in [-0.2, 0) is 0 Å². The lowest BCUT2D eigenvalue weighted by Gasteiger charge is -2.17. The highest BCUT2D eigenvalue weighted by Crippen LogP contribution is 2.07. The minimum absolute atomic E-state index is 0.355. The fraction of sp³-hybridized carbons (Fsp3) is 0.273. The van der Waals surface area contributed by atoms with Crippen LogP contribution in [0.2, 0.25) is 0 Å². The quantitative estimate of drug-likeness (QED) is 0.682. The number of hydrogen-bond donors (Lipinski definition) is 2. The van der Waals surface area contributed by atoms with E-state index in [1.54, 1.807) is 6.92 Å². The molecular weight excluding hydrogens is 162 g/mol. The van der Waals surface area contributed by atoms with Crippen molar-refractivity contribution >= 4 is 5.69 Å². The van der Waals surface area contributed by atoms with Gasteiger partial charge >= 0.3 is 0 Å². The Morgan fingerprint density at radius 3 is 2.62 bits per heavy atom. The van der Waals surface area contributed by atoms with Crippen LogP contribution in [0.25, 0.3) is 0 Å². The molecule has 1 atom stereocenters. The molecule has 1 aromatic rings. The van der Waals surface area contributed by atoms with E-state index < -0.39 is 5.60 Å². The summed E-state index contributed by atoms with van der Waals surface area (Å²) in [5.74, 6) is 2.30. The van der Waals surface area contributed by atoms with Crippen molar-refractivity contribution in [2.75, 3.05) is 11.9 Å². The van der Waals surface area contributed by atoms with Crippen molar-refractivity contribution in [3.8, 4) is 12.3 Å². The van der Waals surface area contributed by atoms with E-state index in [0.29, 0.717) is 6.54 Å².